The number of nitrogens with one attached hydrogen (secondary N) is 1. The predicted octanol–water partition coefficient (Wildman–Crippen LogP) is 2.87. The van der Waals surface area contributed by atoms with Crippen LogP contribution < -0.4 is 10.1 Å². The van der Waals surface area contributed by atoms with Crippen molar-refractivity contribution in [1.82, 2.24) is 5.32 Å². The molecule has 0 saturated carbocycles. The van der Waals surface area contributed by atoms with E-state index < -0.39 is 6.36 Å². The lowest BCUT2D eigenvalue weighted by atomic mass is 10.1. The Morgan fingerprint density at radius 2 is 2.00 bits per heavy atom. The van der Waals surface area contributed by atoms with E-state index in [0.29, 0.717) is 0 Å². The molecule has 0 bridgehead atoms. The van der Waals surface area contributed by atoms with Gasteiger partial charge in [-0.3, -0.25) is 0 Å². The van der Waals surface area contributed by atoms with Crippen molar-refractivity contribution in [3.05, 3.63) is 29.8 Å². The summed E-state index contributed by atoms with van der Waals surface area (Å²) in [7, 11) is 1.74. The highest BCUT2D eigenvalue weighted by Gasteiger charge is 2.31. The van der Waals surface area contributed by atoms with Crippen molar-refractivity contribution < 1.29 is 17.9 Å². The Morgan fingerprint density at radius 3 is 2.53 bits per heavy atom. The Morgan fingerprint density at radius 1 is 1.33 bits per heavy atom. The molecule has 1 N–H and O–H groups in total. The van der Waals surface area contributed by atoms with Crippen LogP contribution >= 0.6 is 0 Å². The summed E-state index contributed by atoms with van der Waals surface area (Å²) in [5.41, 5.74) is 0.749. The summed E-state index contributed by atoms with van der Waals surface area (Å²) in [6.07, 6.45) is -4.64. The molecule has 0 spiro atoms. The van der Waals surface area contributed by atoms with E-state index in [1.165, 1.54) is 18.2 Å². The standard InChI is InChI=1S/C10H12F3NO/c1-7(14-2)8-4-3-5-9(6-8)15-10(11,12)13/h3-7,14H,1-2H3. The van der Waals surface area contributed by atoms with Gasteiger partial charge in [0.2, 0.25) is 0 Å². The molecule has 0 radical (unpaired) electrons. The monoisotopic (exact) mass is 219 g/mol. The minimum atomic E-state index is -4.64. The van der Waals surface area contributed by atoms with Gasteiger partial charge in [-0.05, 0) is 31.7 Å². The van der Waals surface area contributed by atoms with Crippen LogP contribution in [0.4, 0.5) is 13.2 Å². The fraction of sp³-hybridized carbons (Fsp3) is 0.400. The van der Waals surface area contributed by atoms with E-state index in [2.05, 4.69) is 10.1 Å². The van der Waals surface area contributed by atoms with Gasteiger partial charge in [-0.1, -0.05) is 12.1 Å². The molecular weight excluding hydrogens is 207 g/mol. The Labute approximate surface area is 86.1 Å². The van der Waals surface area contributed by atoms with E-state index >= 15 is 0 Å². The average Bonchev–Trinajstić information content (AvgIpc) is 2.14. The number of rotatable bonds is 3. The Balaban J connectivity index is 2.83. The molecule has 0 aliphatic heterocycles. The van der Waals surface area contributed by atoms with Gasteiger partial charge in [0, 0.05) is 6.04 Å². The van der Waals surface area contributed by atoms with E-state index in [4.69, 9.17) is 0 Å². The van der Waals surface area contributed by atoms with Gasteiger partial charge >= 0.3 is 6.36 Å². The SMILES string of the molecule is CNC(C)c1cccc(OC(F)(F)F)c1. The lowest BCUT2D eigenvalue weighted by Crippen LogP contribution is -2.18. The Bertz CT molecular complexity index is 325. The van der Waals surface area contributed by atoms with E-state index in [1.54, 1.807) is 13.1 Å². The molecule has 0 amide bonds. The second-order valence-electron chi connectivity index (χ2n) is 3.13. The topological polar surface area (TPSA) is 21.3 Å². The van der Waals surface area contributed by atoms with Gasteiger partial charge in [-0.15, -0.1) is 13.2 Å². The number of hydrogen-bond acceptors (Lipinski definition) is 2. The highest BCUT2D eigenvalue weighted by Crippen LogP contribution is 2.25. The molecule has 5 heteroatoms. The van der Waals surface area contributed by atoms with Crippen molar-refractivity contribution in [2.45, 2.75) is 19.3 Å². The second kappa shape index (κ2) is 4.53. The molecule has 0 fully saturated rings. The van der Waals surface area contributed by atoms with Crippen molar-refractivity contribution in [2.75, 3.05) is 7.05 Å². The van der Waals surface area contributed by atoms with Crippen LogP contribution in [0.25, 0.3) is 0 Å². The number of halogens is 3. The van der Waals surface area contributed by atoms with Crippen LogP contribution in [0.5, 0.6) is 5.75 Å². The van der Waals surface area contributed by atoms with E-state index in [1.807, 2.05) is 6.92 Å². The highest BCUT2D eigenvalue weighted by molar-refractivity contribution is 5.30. The first kappa shape index (κ1) is 11.8. The van der Waals surface area contributed by atoms with E-state index in [9.17, 15) is 13.2 Å². The summed E-state index contributed by atoms with van der Waals surface area (Å²) in [4.78, 5) is 0. The maximum absolute atomic E-state index is 11.9. The Hall–Kier alpha value is -1.23. The van der Waals surface area contributed by atoms with Crippen LogP contribution in [0, 0.1) is 0 Å². The van der Waals surface area contributed by atoms with Crippen LogP contribution in [-0.4, -0.2) is 13.4 Å². The zero-order valence-corrected chi connectivity index (χ0v) is 8.43. The van der Waals surface area contributed by atoms with Crippen LogP contribution in [0.2, 0.25) is 0 Å². The summed E-state index contributed by atoms with van der Waals surface area (Å²) >= 11 is 0. The molecule has 0 aliphatic carbocycles. The molecule has 0 heterocycles. The van der Waals surface area contributed by atoms with E-state index in [-0.39, 0.29) is 11.8 Å². The maximum atomic E-state index is 11.9. The van der Waals surface area contributed by atoms with Crippen LogP contribution in [0.1, 0.15) is 18.5 Å². The number of hydrogen-bond donors (Lipinski definition) is 1. The minimum Gasteiger partial charge on any atom is -0.406 e. The van der Waals surface area contributed by atoms with Crippen LogP contribution in [0.15, 0.2) is 24.3 Å². The normalized spacial score (nSPS) is 13.7. The second-order valence-corrected chi connectivity index (χ2v) is 3.13. The number of benzene rings is 1. The predicted molar refractivity (Wildman–Crippen MR) is 50.6 cm³/mol. The molecule has 1 unspecified atom stereocenters. The molecule has 0 aliphatic rings. The quantitative estimate of drug-likeness (QED) is 0.844. The van der Waals surface area contributed by atoms with Gasteiger partial charge in [0.15, 0.2) is 0 Å². The van der Waals surface area contributed by atoms with Gasteiger partial charge in [0.1, 0.15) is 5.75 Å². The van der Waals surface area contributed by atoms with Crippen LogP contribution in [0.3, 0.4) is 0 Å². The van der Waals surface area contributed by atoms with Gasteiger partial charge in [-0.25, -0.2) is 0 Å². The first-order valence-corrected chi connectivity index (χ1v) is 4.45. The third kappa shape index (κ3) is 3.79. The molecule has 2 nitrogen and oxygen atoms in total. The van der Waals surface area contributed by atoms with Gasteiger partial charge in [-0.2, -0.15) is 0 Å². The fourth-order valence-corrected chi connectivity index (χ4v) is 1.15. The summed E-state index contributed by atoms with van der Waals surface area (Å²) in [5, 5.41) is 2.93. The molecule has 1 atom stereocenters. The zero-order chi connectivity index (χ0) is 11.5. The van der Waals surface area contributed by atoms with Crippen molar-refractivity contribution in [2.24, 2.45) is 0 Å². The van der Waals surface area contributed by atoms with Crippen molar-refractivity contribution in [1.29, 1.82) is 0 Å². The molecular formula is C10H12F3NO. The molecule has 15 heavy (non-hydrogen) atoms. The first-order valence-electron chi connectivity index (χ1n) is 4.45. The molecule has 0 saturated heterocycles. The van der Waals surface area contributed by atoms with Crippen molar-refractivity contribution in [3.63, 3.8) is 0 Å². The summed E-state index contributed by atoms with van der Waals surface area (Å²) in [6.45, 7) is 1.85. The van der Waals surface area contributed by atoms with Crippen LogP contribution in [-0.2, 0) is 0 Å². The van der Waals surface area contributed by atoms with Crippen molar-refractivity contribution in [3.8, 4) is 5.75 Å². The zero-order valence-electron chi connectivity index (χ0n) is 8.43. The number of alkyl halides is 3. The Kier molecular flexibility index (Phi) is 3.57. The fourth-order valence-electron chi connectivity index (χ4n) is 1.15. The third-order valence-corrected chi connectivity index (χ3v) is 2.02. The molecule has 1 aromatic rings. The van der Waals surface area contributed by atoms with Gasteiger partial charge < -0.3 is 10.1 Å². The third-order valence-electron chi connectivity index (χ3n) is 2.02. The lowest BCUT2D eigenvalue weighted by Gasteiger charge is -2.13. The van der Waals surface area contributed by atoms with Gasteiger partial charge in [0.05, 0.1) is 0 Å². The average molecular weight is 219 g/mol. The van der Waals surface area contributed by atoms with Crippen molar-refractivity contribution >= 4 is 0 Å². The van der Waals surface area contributed by atoms with E-state index in [0.717, 1.165) is 5.56 Å². The minimum absolute atomic E-state index is 0.0122. The smallest absolute Gasteiger partial charge is 0.406 e. The first-order chi connectivity index (χ1) is 6.92. The number of ether oxygens (including phenoxy) is 1. The summed E-state index contributed by atoms with van der Waals surface area (Å²) in [6, 6.07) is 5.91. The van der Waals surface area contributed by atoms with Gasteiger partial charge in [0.25, 0.3) is 0 Å². The molecule has 1 aromatic carbocycles. The molecule has 84 valence electrons. The maximum Gasteiger partial charge on any atom is 0.573 e. The highest BCUT2D eigenvalue weighted by atomic mass is 19.4. The summed E-state index contributed by atoms with van der Waals surface area (Å²) in [5.74, 6) is -0.192. The summed E-state index contributed by atoms with van der Waals surface area (Å²) < 4.78 is 39.6. The lowest BCUT2D eigenvalue weighted by molar-refractivity contribution is -0.274. The molecule has 0 aromatic heterocycles. The largest absolute Gasteiger partial charge is 0.573 e. The molecule has 1 rings (SSSR count).